The summed E-state index contributed by atoms with van der Waals surface area (Å²) >= 11 is 0. The van der Waals surface area contributed by atoms with Crippen LogP contribution in [0.3, 0.4) is 0 Å². The van der Waals surface area contributed by atoms with E-state index < -0.39 is 9.84 Å². The molecule has 0 N–H and O–H groups in total. The van der Waals surface area contributed by atoms with Gasteiger partial charge >= 0.3 is 0 Å². The van der Waals surface area contributed by atoms with E-state index in [2.05, 4.69) is 35.0 Å². The van der Waals surface area contributed by atoms with Crippen LogP contribution in [0.15, 0.2) is 77.3 Å². The summed E-state index contributed by atoms with van der Waals surface area (Å²) in [4.78, 5) is 10.5. The van der Waals surface area contributed by atoms with Crippen molar-refractivity contribution in [3.05, 3.63) is 78.5 Å². The van der Waals surface area contributed by atoms with E-state index in [1.807, 2.05) is 20.8 Å². The number of ether oxygens (including phenoxy) is 1. The number of aliphatic imine (C=N–C) groups is 1. The summed E-state index contributed by atoms with van der Waals surface area (Å²) in [5.74, 6) is 2.10. The summed E-state index contributed by atoms with van der Waals surface area (Å²) in [6.07, 6.45) is 9.55. The summed E-state index contributed by atoms with van der Waals surface area (Å²) in [5.41, 5.74) is 1.96. The van der Waals surface area contributed by atoms with E-state index in [9.17, 15) is 12.8 Å². The molecule has 1 saturated heterocycles. The number of rotatable bonds is 7. The number of sulfone groups is 1. The zero-order valence-electron chi connectivity index (χ0n) is 22.9. The second-order valence-corrected chi connectivity index (χ2v) is 10.5. The number of piperidine rings is 1. The number of hydrogen-bond donors (Lipinski definition) is 0. The van der Waals surface area contributed by atoms with E-state index in [0.29, 0.717) is 17.5 Å². The van der Waals surface area contributed by atoms with E-state index in [4.69, 9.17) is 4.74 Å². The van der Waals surface area contributed by atoms with Gasteiger partial charge in [0.25, 0.3) is 0 Å². The number of allylic oxidation sites excluding steroid dienone is 2. The van der Waals surface area contributed by atoms with Crippen molar-refractivity contribution in [2.75, 3.05) is 19.3 Å². The van der Waals surface area contributed by atoms with Crippen LogP contribution in [0.4, 0.5) is 4.39 Å². The molecule has 0 bridgehead atoms. The highest BCUT2D eigenvalue weighted by molar-refractivity contribution is 7.90. The van der Waals surface area contributed by atoms with Crippen molar-refractivity contribution in [3.63, 3.8) is 0 Å². The molecule has 1 aromatic carbocycles. The van der Waals surface area contributed by atoms with Gasteiger partial charge in [-0.05, 0) is 68.0 Å². The molecule has 0 aliphatic carbocycles. The first-order valence-corrected chi connectivity index (χ1v) is 14.3. The van der Waals surface area contributed by atoms with Crippen molar-refractivity contribution in [2.45, 2.75) is 52.4 Å². The number of likely N-dealkylation sites (tertiary alicyclic amines) is 1. The first-order chi connectivity index (χ1) is 17.5. The molecule has 0 amide bonds. The van der Waals surface area contributed by atoms with Gasteiger partial charge in [-0.25, -0.2) is 22.8 Å². The van der Waals surface area contributed by atoms with Crippen molar-refractivity contribution >= 4 is 22.1 Å². The molecule has 0 unspecified atom stereocenters. The summed E-state index contributed by atoms with van der Waals surface area (Å²) in [6, 6.07) is 8.00. The number of nitrogens with zero attached hydrogens (tertiary/aromatic N) is 3. The largest absolute Gasteiger partial charge is 0.439 e. The monoisotopic (exact) mass is 529 g/mol. The number of halogens is 1. The highest BCUT2D eigenvalue weighted by Gasteiger charge is 2.16. The predicted molar refractivity (Wildman–Crippen MR) is 153 cm³/mol. The Hall–Kier alpha value is -3.26. The van der Waals surface area contributed by atoms with Crippen LogP contribution >= 0.6 is 0 Å². The van der Waals surface area contributed by atoms with Gasteiger partial charge in [0.05, 0.1) is 11.1 Å². The highest BCUT2D eigenvalue weighted by Crippen LogP contribution is 2.23. The van der Waals surface area contributed by atoms with Gasteiger partial charge in [-0.15, -0.1) is 0 Å². The first kappa shape index (κ1) is 31.8. The Morgan fingerprint density at radius 2 is 1.81 bits per heavy atom. The lowest BCUT2D eigenvalue weighted by atomic mass is 9.99. The summed E-state index contributed by atoms with van der Waals surface area (Å²) in [6.45, 7) is 19.4. The number of benzene rings is 1. The lowest BCUT2D eigenvalue weighted by Gasteiger charge is -2.31. The molecule has 1 aliphatic rings. The maximum atomic E-state index is 12.8. The van der Waals surface area contributed by atoms with E-state index in [1.54, 1.807) is 37.4 Å². The van der Waals surface area contributed by atoms with E-state index in [1.165, 1.54) is 43.5 Å². The van der Waals surface area contributed by atoms with Crippen molar-refractivity contribution in [1.82, 2.24) is 9.88 Å². The smallest absolute Gasteiger partial charge is 0.219 e. The minimum atomic E-state index is -3.19. The number of pyridine rings is 1. The highest BCUT2D eigenvalue weighted by atomic mass is 32.2. The third-order valence-electron chi connectivity index (χ3n) is 5.58. The van der Waals surface area contributed by atoms with E-state index >= 15 is 0 Å². The van der Waals surface area contributed by atoms with Crippen LogP contribution in [0.5, 0.6) is 11.6 Å². The molecular formula is C29H40FN3O3S. The molecule has 1 fully saturated rings. The van der Waals surface area contributed by atoms with Crippen LogP contribution < -0.4 is 4.74 Å². The number of hydrogen-bond acceptors (Lipinski definition) is 6. The second kappa shape index (κ2) is 15.8. The Bertz CT molecular complexity index is 1180. The zero-order chi connectivity index (χ0) is 28.0. The molecule has 0 saturated carbocycles. The average Bonchev–Trinajstić information content (AvgIpc) is 2.90. The van der Waals surface area contributed by atoms with E-state index in [-0.39, 0.29) is 10.7 Å². The Morgan fingerprint density at radius 3 is 2.32 bits per heavy atom. The van der Waals surface area contributed by atoms with Crippen molar-refractivity contribution in [2.24, 2.45) is 10.9 Å². The first-order valence-electron chi connectivity index (χ1n) is 12.4. The van der Waals surface area contributed by atoms with Gasteiger partial charge < -0.3 is 9.64 Å². The molecule has 1 aliphatic heterocycles. The van der Waals surface area contributed by atoms with Crippen LogP contribution in [0.2, 0.25) is 0 Å². The van der Waals surface area contributed by atoms with Crippen LogP contribution in [0.1, 0.15) is 51.7 Å². The minimum Gasteiger partial charge on any atom is -0.439 e. The molecule has 3 rings (SSSR count). The zero-order valence-corrected chi connectivity index (χ0v) is 23.7. The summed E-state index contributed by atoms with van der Waals surface area (Å²) < 4.78 is 41.1. The Balaban J connectivity index is 0.000000360. The third kappa shape index (κ3) is 11.1. The minimum absolute atomic E-state index is 0.258. The molecule has 0 spiro atoms. The van der Waals surface area contributed by atoms with Crippen molar-refractivity contribution in [3.8, 4) is 11.6 Å². The molecular weight excluding hydrogens is 489 g/mol. The van der Waals surface area contributed by atoms with Crippen molar-refractivity contribution in [1.29, 1.82) is 0 Å². The van der Waals surface area contributed by atoms with Gasteiger partial charge in [0.2, 0.25) is 5.88 Å². The number of aryl methyl sites for hydroxylation is 1. The maximum Gasteiger partial charge on any atom is 0.219 e. The SMILES string of the molecule is C=C(/N=C\C(F)=C/C)N1CCC(C)CC1.C=Cc1cc(Oc2ccc(S(C)(=O)=O)cc2)ncc1C.CC. The fourth-order valence-corrected chi connectivity index (χ4v) is 3.86. The van der Waals surface area contributed by atoms with Crippen LogP contribution in [-0.4, -0.2) is 43.9 Å². The van der Waals surface area contributed by atoms with Gasteiger partial charge in [-0.2, -0.15) is 0 Å². The number of aromatic nitrogens is 1. The van der Waals surface area contributed by atoms with Gasteiger partial charge in [0, 0.05) is 31.6 Å². The lowest BCUT2D eigenvalue weighted by Crippen LogP contribution is -2.31. The molecule has 6 nitrogen and oxygen atoms in total. The van der Waals surface area contributed by atoms with Gasteiger partial charge in [0.1, 0.15) is 17.4 Å². The molecule has 8 heteroatoms. The molecule has 0 atom stereocenters. The molecule has 2 aromatic rings. The molecule has 2 heterocycles. The summed E-state index contributed by atoms with van der Waals surface area (Å²) in [5, 5.41) is 0. The Kier molecular flexibility index (Phi) is 13.5. The van der Waals surface area contributed by atoms with Crippen LogP contribution in [0, 0.1) is 12.8 Å². The molecule has 0 radical (unpaired) electrons. The maximum absolute atomic E-state index is 12.8. The standard InChI is InChI=1S/C15H15NO3S.C12H19FN2.C2H6/c1-4-12-9-15(16-10-11(12)2)19-13-5-7-14(8-6-13)20(3,17)18;1-4-12(13)9-14-11(3)15-7-5-10(2)6-8-15;1-2/h4-10H,1H2,2-3H3;4,9-10H,3,5-8H2,1-2H3;1-2H3/b;12-4+,14-9-;. The van der Waals surface area contributed by atoms with Crippen LogP contribution in [0.25, 0.3) is 6.08 Å². The fraction of sp³-hybridized carbons (Fsp3) is 0.379. The van der Waals surface area contributed by atoms with Gasteiger partial charge in [-0.1, -0.05) is 46.1 Å². The predicted octanol–water partition coefficient (Wildman–Crippen LogP) is 7.39. The average molecular weight is 530 g/mol. The quantitative estimate of drug-likeness (QED) is 0.350. The molecule has 202 valence electrons. The van der Waals surface area contributed by atoms with Crippen molar-refractivity contribution < 1.29 is 17.5 Å². The third-order valence-corrected chi connectivity index (χ3v) is 6.70. The Labute approximate surface area is 222 Å². The molecule has 37 heavy (non-hydrogen) atoms. The topological polar surface area (TPSA) is 71.9 Å². The lowest BCUT2D eigenvalue weighted by molar-refractivity contribution is 0.236. The summed E-state index contributed by atoms with van der Waals surface area (Å²) in [7, 11) is -3.19. The second-order valence-electron chi connectivity index (χ2n) is 8.45. The van der Waals surface area contributed by atoms with Gasteiger partial charge in [0.15, 0.2) is 9.84 Å². The van der Waals surface area contributed by atoms with E-state index in [0.717, 1.165) is 30.1 Å². The fourth-order valence-electron chi connectivity index (χ4n) is 3.23. The normalized spacial score (nSPS) is 14.2. The van der Waals surface area contributed by atoms with Crippen LogP contribution in [-0.2, 0) is 9.84 Å². The van der Waals surface area contributed by atoms with Gasteiger partial charge in [-0.3, -0.25) is 0 Å². The Morgan fingerprint density at radius 1 is 1.22 bits per heavy atom. The molecule has 1 aromatic heterocycles.